The highest BCUT2D eigenvalue weighted by molar-refractivity contribution is 8.04. The van der Waals surface area contributed by atoms with Crippen molar-refractivity contribution in [1.82, 2.24) is 0 Å². The van der Waals surface area contributed by atoms with Crippen LogP contribution in [0.4, 0.5) is 0 Å². The molecule has 0 aliphatic heterocycles. The number of nitrogens with zero attached hydrogens (tertiary/aromatic N) is 1. The van der Waals surface area contributed by atoms with E-state index in [-0.39, 0.29) is 4.75 Å². The molecule has 0 spiro atoms. The van der Waals surface area contributed by atoms with Crippen molar-refractivity contribution < 1.29 is 0 Å². The molecule has 18 heavy (non-hydrogen) atoms. The van der Waals surface area contributed by atoms with Crippen molar-refractivity contribution in [3.63, 3.8) is 0 Å². The van der Waals surface area contributed by atoms with Crippen molar-refractivity contribution in [3.8, 4) is 5.40 Å². The largest absolute Gasteiger partial charge is 0.185 e. The fourth-order valence-corrected chi connectivity index (χ4v) is 2.69. The molecule has 0 aliphatic carbocycles. The Balaban J connectivity index is 2.51. The minimum Gasteiger partial charge on any atom is -0.185 e. The molecule has 0 aromatic heterocycles. The highest BCUT2D eigenvalue weighted by atomic mass is 32.2. The smallest absolute Gasteiger partial charge is 0.134 e. The Morgan fingerprint density at radius 3 is 2.06 bits per heavy atom. The minimum absolute atomic E-state index is 0.316. The maximum absolute atomic E-state index is 9.09. The average molecular weight is 253 g/mol. The van der Waals surface area contributed by atoms with Gasteiger partial charge in [0.05, 0.1) is 4.75 Å². The van der Waals surface area contributed by atoms with Crippen molar-refractivity contribution in [2.45, 2.75) is 18.6 Å². The minimum atomic E-state index is -0.316. The van der Waals surface area contributed by atoms with Gasteiger partial charge < -0.3 is 0 Å². The molecule has 2 aromatic rings. The summed E-state index contributed by atoms with van der Waals surface area (Å²) in [6, 6.07) is 18.6. The molecule has 0 heterocycles. The maximum atomic E-state index is 9.09. The molecule has 0 radical (unpaired) electrons. The third kappa shape index (κ3) is 2.42. The van der Waals surface area contributed by atoms with E-state index in [2.05, 4.69) is 55.6 Å². The van der Waals surface area contributed by atoms with Crippen LogP contribution in [0.15, 0.2) is 54.6 Å². The summed E-state index contributed by atoms with van der Waals surface area (Å²) in [5.74, 6) is 0. The van der Waals surface area contributed by atoms with Crippen LogP contribution in [0, 0.1) is 17.6 Å². The number of thioether (sulfide) groups is 1. The predicted molar refractivity (Wildman–Crippen MR) is 77.3 cm³/mol. The molecule has 0 N–H and O–H groups in total. The van der Waals surface area contributed by atoms with E-state index in [9.17, 15) is 0 Å². The molecule has 0 bridgehead atoms. The van der Waals surface area contributed by atoms with Crippen molar-refractivity contribution >= 4 is 11.8 Å². The maximum Gasteiger partial charge on any atom is 0.134 e. The lowest BCUT2D eigenvalue weighted by molar-refractivity contribution is 0.843. The predicted octanol–water partition coefficient (Wildman–Crippen LogP) is 4.47. The summed E-state index contributed by atoms with van der Waals surface area (Å²) >= 11 is 1.30. The van der Waals surface area contributed by atoms with Crippen molar-refractivity contribution in [1.29, 1.82) is 5.26 Å². The lowest BCUT2D eigenvalue weighted by Crippen LogP contribution is -2.18. The number of benzene rings is 2. The van der Waals surface area contributed by atoms with Crippen molar-refractivity contribution in [2.24, 2.45) is 0 Å². The topological polar surface area (TPSA) is 23.8 Å². The van der Waals surface area contributed by atoms with Crippen LogP contribution in [-0.2, 0) is 4.75 Å². The Morgan fingerprint density at radius 1 is 0.944 bits per heavy atom. The second-order valence-corrected chi connectivity index (χ2v) is 5.66. The van der Waals surface area contributed by atoms with E-state index >= 15 is 0 Å². The molecule has 0 saturated heterocycles. The van der Waals surface area contributed by atoms with Crippen LogP contribution in [0.5, 0.6) is 0 Å². The number of thiocyanates is 1. The number of hydrogen-bond acceptors (Lipinski definition) is 2. The highest BCUT2D eigenvalue weighted by Crippen LogP contribution is 2.41. The summed E-state index contributed by atoms with van der Waals surface area (Å²) in [5.41, 5.74) is 3.54. The van der Waals surface area contributed by atoms with Crippen LogP contribution >= 0.6 is 11.8 Å². The normalized spacial score (nSPS) is 13.6. The summed E-state index contributed by atoms with van der Waals surface area (Å²) in [6.45, 7) is 4.17. The Labute approximate surface area is 112 Å². The summed E-state index contributed by atoms with van der Waals surface area (Å²) in [7, 11) is 0. The van der Waals surface area contributed by atoms with Gasteiger partial charge in [0.25, 0.3) is 0 Å². The molecule has 1 atom stereocenters. The van der Waals surface area contributed by atoms with Gasteiger partial charge in [-0.05, 0) is 36.7 Å². The molecular formula is C16H15NS. The first-order valence-corrected chi connectivity index (χ1v) is 6.68. The number of aryl methyl sites for hydroxylation is 1. The fraction of sp³-hybridized carbons (Fsp3) is 0.188. The zero-order chi connectivity index (χ0) is 13.0. The molecule has 2 rings (SSSR count). The summed E-state index contributed by atoms with van der Waals surface area (Å²) in [6.07, 6.45) is 0. The zero-order valence-corrected chi connectivity index (χ0v) is 11.4. The molecule has 90 valence electrons. The van der Waals surface area contributed by atoms with Crippen molar-refractivity contribution in [2.75, 3.05) is 0 Å². The lowest BCUT2D eigenvalue weighted by Gasteiger charge is -2.27. The van der Waals surface area contributed by atoms with Gasteiger partial charge in [-0.2, -0.15) is 5.26 Å². The van der Waals surface area contributed by atoms with Crippen LogP contribution in [0.3, 0.4) is 0 Å². The Hall–Kier alpha value is -1.72. The molecular weight excluding hydrogens is 238 g/mol. The molecule has 2 heteroatoms. The Morgan fingerprint density at radius 2 is 1.50 bits per heavy atom. The quantitative estimate of drug-likeness (QED) is 0.753. The first-order valence-electron chi connectivity index (χ1n) is 5.86. The van der Waals surface area contributed by atoms with Gasteiger partial charge in [0, 0.05) is 0 Å². The third-order valence-corrected chi connectivity index (χ3v) is 4.15. The van der Waals surface area contributed by atoms with Crippen LogP contribution in [-0.4, -0.2) is 0 Å². The summed E-state index contributed by atoms with van der Waals surface area (Å²) < 4.78 is -0.316. The number of nitriles is 1. The van der Waals surface area contributed by atoms with E-state index in [4.69, 9.17) is 5.26 Å². The van der Waals surface area contributed by atoms with Crippen LogP contribution in [0.2, 0.25) is 0 Å². The van der Waals surface area contributed by atoms with Crippen LogP contribution < -0.4 is 0 Å². The monoisotopic (exact) mass is 253 g/mol. The van der Waals surface area contributed by atoms with Gasteiger partial charge in [-0.15, -0.1) is 0 Å². The molecule has 0 saturated carbocycles. The third-order valence-electron chi connectivity index (χ3n) is 3.18. The average Bonchev–Trinajstić information content (AvgIpc) is 2.40. The number of rotatable bonds is 3. The standard InChI is InChI=1S/C16H15NS/c1-13-8-10-15(11-9-13)16(2,18-12-17)14-6-4-3-5-7-14/h3-11H,1-2H3. The van der Waals surface area contributed by atoms with Gasteiger partial charge in [-0.25, -0.2) is 0 Å². The SMILES string of the molecule is Cc1ccc(C(C)(SC#N)c2ccccc2)cc1. The molecule has 2 aromatic carbocycles. The lowest BCUT2D eigenvalue weighted by atomic mass is 9.91. The van der Waals surface area contributed by atoms with Gasteiger partial charge >= 0.3 is 0 Å². The van der Waals surface area contributed by atoms with Gasteiger partial charge in [0.1, 0.15) is 5.40 Å². The first kappa shape index (κ1) is 12.7. The van der Waals surface area contributed by atoms with E-state index in [0.29, 0.717) is 0 Å². The fourth-order valence-electron chi connectivity index (χ4n) is 2.00. The van der Waals surface area contributed by atoms with E-state index in [1.54, 1.807) is 0 Å². The number of hydrogen-bond donors (Lipinski definition) is 0. The van der Waals surface area contributed by atoms with Gasteiger partial charge in [0.15, 0.2) is 0 Å². The highest BCUT2D eigenvalue weighted by Gasteiger charge is 2.29. The second-order valence-electron chi connectivity index (χ2n) is 4.46. The van der Waals surface area contributed by atoms with E-state index < -0.39 is 0 Å². The molecule has 0 aliphatic rings. The Bertz CT molecular complexity index is 554. The molecule has 0 fully saturated rings. The van der Waals surface area contributed by atoms with E-state index in [1.165, 1.54) is 17.3 Å². The molecule has 0 amide bonds. The summed E-state index contributed by atoms with van der Waals surface area (Å²) in [4.78, 5) is 0. The van der Waals surface area contributed by atoms with Crippen LogP contribution in [0.1, 0.15) is 23.6 Å². The van der Waals surface area contributed by atoms with Gasteiger partial charge in [-0.1, -0.05) is 60.2 Å². The van der Waals surface area contributed by atoms with Crippen molar-refractivity contribution in [3.05, 3.63) is 71.3 Å². The van der Waals surface area contributed by atoms with Gasteiger partial charge in [0.2, 0.25) is 0 Å². The van der Waals surface area contributed by atoms with Crippen LogP contribution in [0.25, 0.3) is 0 Å². The van der Waals surface area contributed by atoms with E-state index in [0.717, 1.165) is 11.1 Å². The molecule has 1 nitrogen and oxygen atoms in total. The summed E-state index contributed by atoms with van der Waals surface area (Å²) in [5, 5.41) is 11.3. The second kappa shape index (κ2) is 5.29. The van der Waals surface area contributed by atoms with Gasteiger partial charge in [-0.3, -0.25) is 0 Å². The molecule has 1 unspecified atom stereocenters. The zero-order valence-electron chi connectivity index (χ0n) is 10.6. The first-order chi connectivity index (χ1) is 8.66. The Kier molecular flexibility index (Phi) is 3.74. The van der Waals surface area contributed by atoms with E-state index in [1.807, 2.05) is 18.2 Å².